The number of hydrogen-bond donors (Lipinski definition) is 1. The molecule has 1 unspecified atom stereocenters. The van der Waals surface area contributed by atoms with E-state index >= 15 is 0 Å². The molecule has 0 saturated carbocycles. The van der Waals surface area contributed by atoms with Crippen molar-refractivity contribution in [3.8, 4) is 11.5 Å². The fourth-order valence-electron chi connectivity index (χ4n) is 4.94. The molecule has 8 heteroatoms. The van der Waals surface area contributed by atoms with Gasteiger partial charge in [0.1, 0.15) is 30.5 Å². The van der Waals surface area contributed by atoms with E-state index in [1.165, 1.54) is 0 Å². The Hall–Kier alpha value is -3.88. The quantitative estimate of drug-likeness (QED) is 0.189. The van der Waals surface area contributed by atoms with Gasteiger partial charge in [0.2, 0.25) is 0 Å². The predicted octanol–water partition coefficient (Wildman–Crippen LogP) is 4.27. The lowest BCUT2D eigenvalue weighted by atomic mass is 9.93. The summed E-state index contributed by atoms with van der Waals surface area (Å²) in [5.41, 5.74) is 1.99. The minimum Gasteiger partial charge on any atom is -0.507 e. The Bertz CT molecular complexity index is 1230. The number of aliphatic hydroxyl groups excluding tert-OH is 1. The highest BCUT2D eigenvalue weighted by Crippen LogP contribution is 2.40. The molecule has 2 aromatic rings. The zero-order chi connectivity index (χ0) is 27.8. The first kappa shape index (κ1) is 28.1. The Kier molecular flexibility index (Phi) is 9.57. The summed E-state index contributed by atoms with van der Waals surface area (Å²) in [7, 11) is 0. The molecule has 0 aliphatic carbocycles. The number of ketones is 1. The molecule has 1 amide bonds. The zero-order valence-corrected chi connectivity index (χ0v) is 22.4. The summed E-state index contributed by atoms with van der Waals surface area (Å²) in [6.45, 7) is 14.1. The lowest BCUT2D eigenvalue weighted by molar-refractivity contribution is -0.140. The first-order chi connectivity index (χ1) is 18.9. The Labute approximate surface area is 229 Å². The lowest BCUT2D eigenvalue weighted by Crippen LogP contribution is -2.38. The number of Topliss-reactive ketones (excluding diaryl/α,β-unsaturated/α-hetero) is 1. The fraction of sp³-hybridized carbons (Fsp3) is 0.355. The molecule has 0 bridgehead atoms. The molecule has 2 aromatic carbocycles. The number of benzene rings is 2. The van der Waals surface area contributed by atoms with Crippen molar-refractivity contribution in [2.45, 2.75) is 19.4 Å². The molecule has 2 fully saturated rings. The summed E-state index contributed by atoms with van der Waals surface area (Å²) in [6, 6.07) is 11.7. The van der Waals surface area contributed by atoms with Crippen LogP contribution in [0, 0.1) is 6.92 Å². The second-order valence-corrected chi connectivity index (χ2v) is 9.55. The van der Waals surface area contributed by atoms with E-state index in [0.717, 1.165) is 30.8 Å². The summed E-state index contributed by atoms with van der Waals surface area (Å²) >= 11 is 0. The van der Waals surface area contributed by atoms with Gasteiger partial charge in [0.25, 0.3) is 11.7 Å². The average molecular weight is 533 g/mol. The number of amides is 1. The largest absolute Gasteiger partial charge is 0.507 e. The molecule has 0 aromatic heterocycles. The minimum atomic E-state index is -0.723. The third-order valence-corrected chi connectivity index (χ3v) is 6.90. The van der Waals surface area contributed by atoms with Crippen LogP contribution in [0.15, 0.2) is 73.3 Å². The van der Waals surface area contributed by atoms with Gasteiger partial charge in [0.15, 0.2) is 0 Å². The molecule has 2 aliphatic rings. The highest BCUT2D eigenvalue weighted by Gasteiger charge is 2.46. The van der Waals surface area contributed by atoms with Gasteiger partial charge in [0.05, 0.1) is 24.8 Å². The van der Waals surface area contributed by atoms with E-state index in [9.17, 15) is 14.7 Å². The SMILES string of the molecule is C=CCOc1ccc(C2/C(=C(\O)c3ccc(OCC=C)cc3C)C(=O)C(=O)N2CCCN2CCOCC2)cc1. The maximum atomic E-state index is 13.4. The second-order valence-electron chi connectivity index (χ2n) is 9.55. The molecule has 0 spiro atoms. The van der Waals surface area contributed by atoms with E-state index in [2.05, 4.69) is 18.1 Å². The lowest BCUT2D eigenvalue weighted by Gasteiger charge is -2.29. The molecule has 2 aliphatic heterocycles. The predicted molar refractivity (Wildman–Crippen MR) is 150 cm³/mol. The second kappa shape index (κ2) is 13.3. The fourth-order valence-corrected chi connectivity index (χ4v) is 4.94. The van der Waals surface area contributed by atoms with Crippen molar-refractivity contribution >= 4 is 17.4 Å². The van der Waals surface area contributed by atoms with Crippen LogP contribution in [-0.2, 0) is 14.3 Å². The van der Waals surface area contributed by atoms with Gasteiger partial charge in [0, 0.05) is 31.7 Å². The van der Waals surface area contributed by atoms with E-state index in [-0.39, 0.29) is 11.3 Å². The maximum absolute atomic E-state index is 13.4. The maximum Gasteiger partial charge on any atom is 0.295 e. The van der Waals surface area contributed by atoms with Crippen molar-refractivity contribution < 1.29 is 28.9 Å². The van der Waals surface area contributed by atoms with E-state index in [1.54, 1.807) is 47.4 Å². The van der Waals surface area contributed by atoms with Crippen molar-refractivity contribution in [2.75, 3.05) is 52.6 Å². The zero-order valence-electron chi connectivity index (χ0n) is 22.4. The molecule has 0 radical (unpaired) electrons. The molecule has 206 valence electrons. The van der Waals surface area contributed by atoms with Crippen LogP contribution < -0.4 is 9.47 Å². The Morgan fingerprint density at radius 3 is 2.28 bits per heavy atom. The van der Waals surface area contributed by atoms with Crippen molar-refractivity contribution in [2.24, 2.45) is 0 Å². The van der Waals surface area contributed by atoms with Gasteiger partial charge in [-0.25, -0.2) is 0 Å². The standard InChI is InChI=1S/C31H36N2O6/c1-4-17-38-24-9-7-23(8-10-24)28-27(29(34)26-12-11-25(21-22(26)3)39-18-5-2)30(35)31(36)33(28)14-6-13-32-15-19-37-20-16-32/h4-5,7-12,21,28,34H,1-2,6,13-20H2,3H3/b29-27+. The number of hydrogen-bond acceptors (Lipinski definition) is 7. The van der Waals surface area contributed by atoms with Gasteiger partial charge >= 0.3 is 0 Å². The van der Waals surface area contributed by atoms with Crippen molar-refractivity contribution in [1.29, 1.82) is 0 Å². The number of aliphatic hydroxyl groups is 1. The normalized spacial score (nSPS) is 19.2. The van der Waals surface area contributed by atoms with Crippen molar-refractivity contribution in [1.82, 2.24) is 9.80 Å². The number of aryl methyl sites for hydroxylation is 1. The van der Waals surface area contributed by atoms with Crippen molar-refractivity contribution in [3.05, 3.63) is 90.0 Å². The molecular formula is C31H36N2O6. The van der Waals surface area contributed by atoms with Crippen LogP contribution in [-0.4, -0.2) is 79.2 Å². The number of nitrogens with zero attached hydrogens (tertiary/aromatic N) is 2. The summed E-state index contributed by atoms with van der Waals surface area (Å²) in [5.74, 6) is -0.233. The molecule has 8 nitrogen and oxygen atoms in total. The summed E-state index contributed by atoms with van der Waals surface area (Å²) < 4.78 is 16.6. The minimum absolute atomic E-state index is 0.0778. The molecule has 2 heterocycles. The average Bonchev–Trinajstić information content (AvgIpc) is 3.20. The third-order valence-electron chi connectivity index (χ3n) is 6.90. The van der Waals surface area contributed by atoms with E-state index in [0.29, 0.717) is 56.5 Å². The Balaban J connectivity index is 1.67. The van der Waals surface area contributed by atoms with E-state index in [1.807, 2.05) is 19.1 Å². The number of carbonyl (C=O) groups excluding carboxylic acids is 2. The first-order valence-corrected chi connectivity index (χ1v) is 13.2. The highest BCUT2D eigenvalue weighted by molar-refractivity contribution is 6.46. The van der Waals surface area contributed by atoms with Crippen LogP contribution in [0.5, 0.6) is 11.5 Å². The van der Waals surface area contributed by atoms with Crippen molar-refractivity contribution in [3.63, 3.8) is 0 Å². The number of likely N-dealkylation sites (tertiary alicyclic amines) is 1. The van der Waals surface area contributed by atoms with Gasteiger partial charge in [-0.3, -0.25) is 14.5 Å². The summed E-state index contributed by atoms with van der Waals surface area (Å²) in [6.07, 6.45) is 4.00. The van der Waals surface area contributed by atoms with Crippen LogP contribution in [0.25, 0.3) is 5.76 Å². The monoisotopic (exact) mass is 532 g/mol. The molecular weight excluding hydrogens is 496 g/mol. The van der Waals surface area contributed by atoms with Gasteiger partial charge in [-0.05, 0) is 54.8 Å². The molecule has 1 N–H and O–H groups in total. The molecule has 4 rings (SSSR count). The van der Waals surface area contributed by atoms with Crippen LogP contribution in [0.3, 0.4) is 0 Å². The van der Waals surface area contributed by atoms with Gasteiger partial charge < -0.3 is 24.2 Å². The van der Waals surface area contributed by atoms with Crippen LogP contribution in [0.4, 0.5) is 0 Å². The summed E-state index contributed by atoms with van der Waals surface area (Å²) in [4.78, 5) is 30.6. The van der Waals surface area contributed by atoms with Gasteiger partial charge in [-0.2, -0.15) is 0 Å². The number of carbonyl (C=O) groups is 2. The van der Waals surface area contributed by atoms with Crippen LogP contribution in [0.1, 0.15) is 29.2 Å². The van der Waals surface area contributed by atoms with Crippen LogP contribution in [0.2, 0.25) is 0 Å². The number of rotatable bonds is 12. The van der Waals surface area contributed by atoms with Gasteiger partial charge in [-0.15, -0.1) is 0 Å². The Morgan fingerprint density at radius 2 is 1.64 bits per heavy atom. The van der Waals surface area contributed by atoms with E-state index < -0.39 is 17.7 Å². The number of ether oxygens (including phenoxy) is 3. The number of morpholine rings is 1. The van der Waals surface area contributed by atoms with Crippen LogP contribution >= 0.6 is 0 Å². The molecule has 2 saturated heterocycles. The first-order valence-electron chi connectivity index (χ1n) is 13.2. The highest BCUT2D eigenvalue weighted by atomic mass is 16.5. The third kappa shape index (κ3) is 6.58. The molecule has 1 atom stereocenters. The Morgan fingerprint density at radius 1 is 1.00 bits per heavy atom. The smallest absolute Gasteiger partial charge is 0.295 e. The topological polar surface area (TPSA) is 88.5 Å². The molecule has 39 heavy (non-hydrogen) atoms. The van der Waals surface area contributed by atoms with Gasteiger partial charge in [-0.1, -0.05) is 37.4 Å². The van der Waals surface area contributed by atoms with E-state index in [4.69, 9.17) is 14.2 Å². The summed E-state index contributed by atoms with van der Waals surface area (Å²) in [5, 5.41) is 11.5.